The number of rotatable bonds is 3. The third-order valence-electron chi connectivity index (χ3n) is 1.57. The molecule has 0 aliphatic rings. The van der Waals surface area contributed by atoms with E-state index in [1.54, 1.807) is 32.0 Å². The molecule has 0 fully saturated rings. The van der Waals surface area contributed by atoms with Crippen LogP contribution in [0.4, 0.5) is 0 Å². The Bertz CT molecular complexity index is 318. The van der Waals surface area contributed by atoms with Crippen molar-refractivity contribution in [3.05, 3.63) is 35.4 Å². The second kappa shape index (κ2) is 4.77. The highest BCUT2D eigenvalue weighted by Gasteiger charge is 2.08. The molecule has 0 aliphatic carbocycles. The molecule has 0 spiro atoms. The van der Waals surface area contributed by atoms with Gasteiger partial charge in [-0.2, -0.15) is 4.89 Å². The summed E-state index contributed by atoms with van der Waals surface area (Å²) in [5.74, 6) is -0.456. The van der Waals surface area contributed by atoms with E-state index in [4.69, 9.17) is 4.89 Å². The lowest BCUT2D eigenvalue weighted by Gasteiger charge is -2.06. The number of carbonyl (C=O) groups is 1. The van der Waals surface area contributed by atoms with Crippen molar-refractivity contribution in [2.45, 2.75) is 26.9 Å². The van der Waals surface area contributed by atoms with Crippen molar-refractivity contribution >= 4 is 5.97 Å². The second-order valence-corrected chi connectivity index (χ2v) is 3.39. The van der Waals surface area contributed by atoms with Gasteiger partial charge >= 0.3 is 5.97 Å². The van der Waals surface area contributed by atoms with Crippen molar-refractivity contribution in [2.75, 3.05) is 0 Å². The Morgan fingerprint density at radius 1 is 1.36 bits per heavy atom. The van der Waals surface area contributed by atoms with E-state index in [0.717, 1.165) is 5.56 Å². The minimum Gasteiger partial charge on any atom is -0.293 e. The number of benzene rings is 1. The van der Waals surface area contributed by atoms with Gasteiger partial charge in [0.25, 0.3) is 0 Å². The first-order valence-electron chi connectivity index (χ1n) is 4.54. The van der Waals surface area contributed by atoms with Crippen LogP contribution in [0, 0.1) is 6.92 Å². The quantitative estimate of drug-likeness (QED) is 0.547. The lowest BCUT2D eigenvalue weighted by Crippen LogP contribution is -2.10. The largest absolute Gasteiger partial charge is 0.373 e. The van der Waals surface area contributed by atoms with Gasteiger partial charge in [-0.15, -0.1) is 0 Å². The Labute approximate surface area is 83.6 Å². The van der Waals surface area contributed by atoms with E-state index >= 15 is 0 Å². The van der Waals surface area contributed by atoms with Gasteiger partial charge in [0.1, 0.15) is 0 Å². The summed E-state index contributed by atoms with van der Waals surface area (Å²) in [4.78, 5) is 20.7. The van der Waals surface area contributed by atoms with Crippen LogP contribution in [0.15, 0.2) is 24.3 Å². The van der Waals surface area contributed by atoms with Crippen LogP contribution in [0.2, 0.25) is 0 Å². The third-order valence-corrected chi connectivity index (χ3v) is 1.57. The zero-order chi connectivity index (χ0) is 10.6. The molecule has 0 radical (unpaired) electrons. The monoisotopic (exact) mass is 194 g/mol. The summed E-state index contributed by atoms with van der Waals surface area (Å²) in [6, 6.07) is 7.17. The molecule has 0 N–H and O–H groups in total. The summed E-state index contributed by atoms with van der Waals surface area (Å²) in [5, 5.41) is 0. The fraction of sp³-hybridized carbons (Fsp3) is 0.364. The van der Waals surface area contributed by atoms with Gasteiger partial charge in [0, 0.05) is 0 Å². The fourth-order valence-corrected chi connectivity index (χ4v) is 0.960. The van der Waals surface area contributed by atoms with Gasteiger partial charge < -0.3 is 0 Å². The molecule has 0 aromatic heterocycles. The smallest absolute Gasteiger partial charge is 0.293 e. The highest BCUT2D eigenvalue weighted by atomic mass is 17.2. The minimum atomic E-state index is -0.456. The van der Waals surface area contributed by atoms with Gasteiger partial charge in [0.2, 0.25) is 0 Å². The third kappa shape index (κ3) is 3.18. The standard InChI is InChI=1S/C11H14O3/c1-8(2)13-14-11(12)10-6-4-5-9(3)7-10/h4-8H,1-3H3. The van der Waals surface area contributed by atoms with Crippen molar-refractivity contribution < 1.29 is 14.6 Å². The summed E-state index contributed by atoms with van der Waals surface area (Å²) in [6.45, 7) is 5.51. The van der Waals surface area contributed by atoms with E-state index in [1.807, 2.05) is 13.0 Å². The van der Waals surface area contributed by atoms with Crippen molar-refractivity contribution in [3.8, 4) is 0 Å². The first kappa shape index (κ1) is 10.7. The summed E-state index contributed by atoms with van der Waals surface area (Å²) in [7, 11) is 0. The number of hydrogen-bond donors (Lipinski definition) is 0. The molecule has 1 aromatic rings. The highest BCUT2D eigenvalue weighted by molar-refractivity contribution is 5.89. The molecule has 3 heteroatoms. The summed E-state index contributed by atoms with van der Waals surface area (Å²) < 4.78 is 0. The summed E-state index contributed by atoms with van der Waals surface area (Å²) >= 11 is 0. The van der Waals surface area contributed by atoms with Crippen LogP contribution in [0.3, 0.4) is 0 Å². The van der Waals surface area contributed by atoms with Gasteiger partial charge in [-0.1, -0.05) is 17.7 Å². The second-order valence-electron chi connectivity index (χ2n) is 3.39. The molecule has 0 bridgehead atoms. The Morgan fingerprint density at radius 3 is 2.64 bits per heavy atom. The number of carbonyl (C=O) groups excluding carboxylic acids is 1. The lowest BCUT2D eigenvalue weighted by atomic mass is 10.1. The van der Waals surface area contributed by atoms with Gasteiger partial charge in [-0.05, 0) is 32.9 Å². The zero-order valence-electron chi connectivity index (χ0n) is 8.61. The molecule has 0 amide bonds. The topological polar surface area (TPSA) is 35.5 Å². The van der Waals surface area contributed by atoms with Gasteiger partial charge in [-0.25, -0.2) is 4.79 Å². The van der Waals surface area contributed by atoms with Crippen LogP contribution in [-0.4, -0.2) is 12.1 Å². The van der Waals surface area contributed by atoms with E-state index in [1.165, 1.54) is 0 Å². The molecule has 76 valence electrons. The number of hydrogen-bond acceptors (Lipinski definition) is 3. The van der Waals surface area contributed by atoms with Crippen molar-refractivity contribution in [3.63, 3.8) is 0 Å². The first-order chi connectivity index (χ1) is 6.59. The van der Waals surface area contributed by atoms with Crippen molar-refractivity contribution in [1.29, 1.82) is 0 Å². The molecule has 0 unspecified atom stereocenters. The maximum atomic E-state index is 11.4. The van der Waals surface area contributed by atoms with Crippen LogP contribution < -0.4 is 0 Å². The van der Waals surface area contributed by atoms with E-state index in [0.29, 0.717) is 5.56 Å². The molecule has 1 aromatic carbocycles. The van der Waals surface area contributed by atoms with Crippen LogP contribution in [-0.2, 0) is 9.78 Å². The SMILES string of the molecule is Cc1cccc(C(=O)OOC(C)C)c1. The summed E-state index contributed by atoms with van der Waals surface area (Å²) in [5.41, 5.74) is 1.52. The predicted molar refractivity (Wildman–Crippen MR) is 52.8 cm³/mol. The van der Waals surface area contributed by atoms with E-state index in [9.17, 15) is 4.79 Å². The molecule has 0 aliphatic heterocycles. The minimum absolute atomic E-state index is 0.122. The molecule has 14 heavy (non-hydrogen) atoms. The van der Waals surface area contributed by atoms with E-state index < -0.39 is 5.97 Å². The van der Waals surface area contributed by atoms with Gasteiger partial charge in [-0.3, -0.25) is 4.89 Å². The average molecular weight is 194 g/mol. The highest BCUT2D eigenvalue weighted by Crippen LogP contribution is 2.06. The Hall–Kier alpha value is -1.35. The first-order valence-corrected chi connectivity index (χ1v) is 4.54. The molecular formula is C11H14O3. The molecular weight excluding hydrogens is 180 g/mol. The normalized spacial score (nSPS) is 10.3. The molecule has 1 rings (SSSR count). The Kier molecular flexibility index (Phi) is 3.65. The van der Waals surface area contributed by atoms with E-state index in [2.05, 4.69) is 4.89 Å². The maximum Gasteiger partial charge on any atom is 0.373 e. The molecule has 0 heterocycles. The Balaban J connectivity index is 2.61. The Morgan fingerprint density at radius 2 is 2.07 bits per heavy atom. The maximum absolute atomic E-state index is 11.4. The van der Waals surface area contributed by atoms with Crippen molar-refractivity contribution in [1.82, 2.24) is 0 Å². The van der Waals surface area contributed by atoms with Crippen LogP contribution >= 0.6 is 0 Å². The summed E-state index contributed by atoms with van der Waals surface area (Å²) in [6.07, 6.45) is -0.122. The average Bonchev–Trinajstić information content (AvgIpc) is 2.14. The van der Waals surface area contributed by atoms with Crippen LogP contribution in [0.5, 0.6) is 0 Å². The predicted octanol–water partition coefficient (Wildman–Crippen LogP) is 2.49. The van der Waals surface area contributed by atoms with E-state index in [-0.39, 0.29) is 6.10 Å². The fourth-order valence-electron chi connectivity index (χ4n) is 0.960. The zero-order valence-corrected chi connectivity index (χ0v) is 8.61. The lowest BCUT2D eigenvalue weighted by molar-refractivity contribution is -0.265. The van der Waals surface area contributed by atoms with Crippen LogP contribution in [0.1, 0.15) is 29.8 Å². The van der Waals surface area contributed by atoms with Gasteiger partial charge in [0.05, 0.1) is 11.7 Å². The molecule has 0 saturated carbocycles. The molecule has 3 nitrogen and oxygen atoms in total. The van der Waals surface area contributed by atoms with Crippen molar-refractivity contribution in [2.24, 2.45) is 0 Å². The van der Waals surface area contributed by atoms with Crippen LogP contribution in [0.25, 0.3) is 0 Å². The molecule has 0 atom stereocenters. The van der Waals surface area contributed by atoms with Gasteiger partial charge in [0.15, 0.2) is 0 Å². The molecule has 0 saturated heterocycles. The number of aryl methyl sites for hydroxylation is 1.